The molecule has 0 aromatic heterocycles. The highest BCUT2D eigenvalue weighted by Gasteiger charge is 2.53. The highest BCUT2D eigenvalue weighted by Crippen LogP contribution is 2.46. The third-order valence-corrected chi connectivity index (χ3v) is 6.49. The van der Waals surface area contributed by atoms with Crippen LogP contribution in [0.1, 0.15) is 25.3 Å². The van der Waals surface area contributed by atoms with E-state index in [0.717, 1.165) is 12.8 Å². The second-order valence-corrected chi connectivity index (χ2v) is 8.31. The van der Waals surface area contributed by atoms with Crippen molar-refractivity contribution in [2.45, 2.75) is 31.2 Å². The number of hydrogen-bond acceptors (Lipinski definition) is 3. The van der Waals surface area contributed by atoms with E-state index >= 15 is 0 Å². The summed E-state index contributed by atoms with van der Waals surface area (Å²) in [7, 11) is -3.27. The lowest BCUT2D eigenvalue weighted by atomic mass is 9.69. The van der Waals surface area contributed by atoms with Gasteiger partial charge in [-0.15, -0.1) is 0 Å². The first-order chi connectivity index (χ1) is 10.3. The van der Waals surface area contributed by atoms with Gasteiger partial charge >= 0.3 is 0 Å². The largest absolute Gasteiger partial charge is 0.341 e. The van der Waals surface area contributed by atoms with Crippen LogP contribution in [0, 0.1) is 0 Å². The maximum absolute atomic E-state index is 12.2. The summed E-state index contributed by atoms with van der Waals surface area (Å²) in [6.45, 7) is 3.26. The van der Waals surface area contributed by atoms with Gasteiger partial charge in [0.25, 0.3) is 0 Å². The van der Waals surface area contributed by atoms with E-state index in [9.17, 15) is 13.2 Å². The summed E-state index contributed by atoms with van der Waals surface area (Å²) in [5, 5.41) is 0. The first kappa shape index (κ1) is 15.5. The molecule has 0 aliphatic carbocycles. The normalized spacial score (nSPS) is 29.4. The second-order valence-electron chi connectivity index (χ2n) is 6.38. The molecule has 2 aliphatic heterocycles. The second kappa shape index (κ2) is 5.35. The summed E-state index contributed by atoms with van der Waals surface area (Å²) in [4.78, 5) is 13.5. The summed E-state index contributed by atoms with van der Waals surface area (Å²) < 4.78 is 25.9. The van der Waals surface area contributed by atoms with Crippen LogP contribution >= 0.6 is 0 Å². The number of nitrogens with zero attached hydrogens (tertiary/aromatic N) is 2. The quantitative estimate of drug-likeness (QED) is 0.822. The molecule has 0 bridgehead atoms. The molecular weight excluding hydrogens is 300 g/mol. The average molecular weight is 322 g/mol. The summed E-state index contributed by atoms with van der Waals surface area (Å²) in [5.41, 5.74) is 1.02. The van der Waals surface area contributed by atoms with Gasteiger partial charge in [0.1, 0.15) is 0 Å². The summed E-state index contributed by atoms with van der Waals surface area (Å²) >= 11 is 0. The molecule has 3 rings (SSSR count). The minimum absolute atomic E-state index is 0.0158. The molecular formula is C16H22N2O3S. The highest BCUT2D eigenvalue weighted by atomic mass is 32.2. The monoisotopic (exact) mass is 322 g/mol. The summed E-state index contributed by atoms with van der Waals surface area (Å²) in [5.74, 6) is 0.0158. The Labute approximate surface area is 132 Å². The molecule has 2 fully saturated rings. The van der Waals surface area contributed by atoms with Crippen LogP contribution < -0.4 is 0 Å². The molecule has 0 saturated carbocycles. The minimum atomic E-state index is -3.27. The number of carbonyl (C=O) groups is 1. The van der Waals surface area contributed by atoms with E-state index in [2.05, 4.69) is 12.1 Å². The van der Waals surface area contributed by atoms with Gasteiger partial charge in [-0.1, -0.05) is 30.3 Å². The fourth-order valence-electron chi connectivity index (χ4n) is 4.03. The van der Waals surface area contributed by atoms with E-state index in [4.69, 9.17) is 0 Å². The van der Waals surface area contributed by atoms with Gasteiger partial charge in [0.2, 0.25) is 15.9 Å². The molecule has 0 radical (unpaired) electrons. The Morgan fingerprint density at radius 2 is 1.82 bits per heavy atom. The maximum Gasteiger partial charge on any atom is 0.219 e. The Bertz CT molecular complexity index is 674. The van der Waals surface area contributed by atoms with Crippen molar-refractivity contribution >= 4 is 15.9 Å². The van der Waals surface area contributed by atoms with Crippen LogP contribution in [0.2, 0.25) is 0 Å². The van der Waals surface area contributed by atoms with E-state index in [0.29, 0.717) is 19.6 Å². The third kappa shape index (κ3) is 2.44. The number of likely N-dealkylation sites (tertiary alicyclic amines) is 1. The van der Waals surface area contributed by atoms with Crippen LogP contribution in [0.4, 0.5) is 0 Å². The average Bonchev–Trinajstić information content (AvgIpc) is 2.87. The molecule has 2 heterocycles. The number of sulfonamides is 1. The van der Waals surface area contributed by atoms with Crippen LogP contribution in [0.5, 0.6) is 0 Å². The van der Waals surface area contributed by atoms with Gasteiger partial charge < -0.3 is 4.90 Å². The van der Waals surface area contributed by atoms with Gasteiger partial charge in [-0.05, 0) is 18.4 Å². The number of piperidine rings is 1. The van der Waals surface area contributed by atoms with Crippen LogP contribution in [0.3, 0.4) is 0 Å². The van der Waals surface area contributed by atoms with Crippen molar-refractivity contribution in [1.29, 1.82) is 0 Å². The maximum atomic E-state index is 12.2. The van der Waals surface area contributed by atoms with Gasteiger partial charge in [0, 0.05) is 32.0 Å². The van der Waals surface area contributed by atoms with Crippen molar-refractivity contribution in [1.82, 2.24) is 9.21 Å². The summed E-state index contributed by atoms with van der Waals surface area (Å²) in [6.07, 6.45) is 2.90. The third-order valence-electron chi connectivity index (χ3n) is 5.20. The van der Waals surface area contributed by atoms with Crippen molar-refractivity contribution < 1.29 is 13.2 Å². The van der Waals surface area contributed by atoms with Crippen molar-refractivity contribution in [3.8, 4) is 0 Å². The lowest BCUT2D eigenvalue weighted by Crippen LogP contribution is -2.57. The highest BCUT2D eigenvalue weighted by molar-refractivity contribution is 7.88. The fraction of sp³-hybridized carbons (Fsp3) is 0.562. The molecule has 2 saturated heterocycles. The van der Waals surface area contributed by atoms with Crippen LogP contribution in [-0.2, 0) is 20.2 Å². The number of fused-ring (bicyclic) bond motifs is 1. The summed E-state index contributed by atoms with van der Waals surface area (Å²) in [6, 6.07) is 9.99. The molecule has 120 valence electrons. The predicted molar refractivity (Wildman–Crippen MR) is 84.9 cm³/mol. The van der Waals surface area contributed by atoms with Gasteiger partial charge in [-0.3, -0.25) is 4.79 Å². The Balaban J connectivity index is 2.04. The smallest absolute Gasteiger partial charge is 0.219 e. The molecule has 2 aliphatic rings. The van der Waals surface area contributed by atoms with E-state index in [1.165, 1.54) is 11.8 Å². The molecule has 1 aromatic carbocycles. The van der Waals surface area contributed by atoms with Crippen LogP contribution in [0.25, 0.3) is 0 Å². The molecule has 5 nitrogen and oxygen atoms in total. The van der Waals surface area contributed by atoms with E-state index in [1.54, 1.807) is 16.1 Å². The molecule has 2 atom stereocenters. The standard InChI is InChI=1S/C16H22N2O3S/c1-13(19)17-10-8-16(14-6-4-3-5-7-14)9-11-18(15(16)12-17)22(2,20)21/h3-7,15H,8-12H2,1-2H3/t15-,16-/m0/s1. The molecule has 6 heteroatoms. The van der Waals surface area contributed by atoms with Crippen LogP contribution in [-0.4, -0.2) is 55.5 Å². The van der Waals surface area contributed by atoms with Gasteiger partial charge in [0.05, 0.1) is 12.3 Å². The van der Waals surface area contributed by atoms with Crippen molar-refractivity contribution in [2.75, 3.05) is 25.9 Å². The molecule has 0 unspecified atom stereocenters. The van der Waals surface area contributed by atoms with E-state index in [1.807, 2.05) is 18.2 Å². The number of carbonyl (C=O) groups excluding carboxylic acids is 1. The predicted octanol–water partition coefficient (Wildman–Crippen LogP) is 1.21. The SMILES string of the molecule is CC(=O)N1CC[C@@]2(c3ccccc3)CCN(S(C)(=O)=O)[C@H]2C1. The first-order valence-corrected chi connectivity index (χ1v) is 9.47. The topological polar surface area (TPSA) is 57.7 Å². The lowest BCUT2D eigenvalue weighted by Gasteiger charge is -2.45. The Kier molecular flexibility index (Phi) is 3.77. The first-order valence-electron chi connectivity index (χ1n) is 7.62. The number of amides is 1. The van der Waals surface area contributed by atoms with Gasteiger partial charge in [-0.2, -0.15) is 4.31 Å². The lowest BCUT2D eigenvalue weighted by molar-refractivity contribution is -0.131. The number of rotatable bonds is 2. The van der Waals surface area contributed by atoms with Gasteiger partial charge in [0.15, 0.2) is 0 Å². The zero-order valence-electron chi connectivity index (χ0n) is 13.0. The Morgan fingerprint density at radius 1 is 1.18 bits per heavy atom. The Morgan fingerprint density at radius 3 is 2.41 bits per heavy atom. The molecule has 1 amide bonds. The molecule has 22 heavy (non-hydrogen) atoms. The minimum Gasteiger partial charge on any atom is -0.341 e. The molecule has 0 N–H and O–H groups in total. The fourth-order valence-corrected chi connectivity index (χ4v) is 5.19. The number of hydrogen-bond donors (Lipinski definition) is 0. The zero-order valence-corrected chi connectivity index (χ0v) is 13.8. The molecule has 1 aromatic rings. The van der Waals surface area contributed by atoms with Gasteiger partial charge in [-0.25, -0.2) is 8.42 Å². The van der Waals surface area contributed by atoms with E-state index in [-0.39, 0.29) is 17.4 Å². The zero-order chi connectivity index (χ0) is 16.0. The molecule has 0 spiro atoms. The number of benzene rings is 1. The van der Waals surface area contributed by atoms with Crippen LogP contribution in [0.15, 0.2) is 30.3 Å². The van der Waals surface area contributed by atoms with Crippen molar-refractivity contribution in [2.24, 2.45) is 0 Å². The Hall–Kier alpha value is -1.40. The van der Waals surface area contributed by atoms with Crippen molar-refractivity contribution in [3.63, 3.8) is 0 Å². The van der Waals surface area contributed by atoms with Crippen molar-refractivity contribution in [3.05, 3.63) is 35.9 Å². The van der Waals surface area contributed by atoms with E-state index < -0.39 is 10.0 Å².